The molecule has 2 aliphatic rings. The number of ether oxygens (including phenoxy) is 3. The van der Waals surface area contributed by atoms with Crippen LogP contribution < -0.4 is 0 Å². The first-order valence-corrected chi connectivity index (χ1v) is 6.80. The minimum atomic E-state index is -1.50. The zero-order chi connectivity index (χ0) is 15.7. The molecule has 2 fully saturated rings. The number of hydrogen-bond donors (Lipinski definition) is 6. The van der Waals surface area contributed by atoms with Crippen LogP contribution in [0.15, 0.2) is 0 Å². The van der Waals surface area contributed by atoms with E-state index in [1.54, 1.807) is 0 Å². The lowest BCUT2D eigenvalue weighted by Crippen LogP contribution is -2.61. The molecule has 2 aliphatic heterocycles. The van der Waals surface area contributed by atoms with Gasteiger partial charge in [-0.3, -0.25) is 0 Å². The Balaban J connectivity index is 1.98. The fraction of sp³-hybridized carbons (Fsp3) is 1.00. The van der Waals surface area contributed by atoms with Gasteiger partial charge in [-0.25, -0.2) is 0 Å². The van der Waals surface area contributed by atoms with Crippen molar-refractivity contribution < 1.29 is 44.8 Å². The third-order valence-electron chi connectivity index (χ3n) is 3.88. The molecule has 9 atom stereocenters. The summed E-state index contributed by atoms with van der Waals surface area (Å²) in [5.41, 5.74) is 0. The van der Waals surface area contributed by atoms with Crippen LogP contribution in [-0.2, 0) is 14.2 Å². The van der Waals surface area contributed by atoms with Crippen LogP contribution in [0.4, 0.5) is 0 Å². The summed E-state index contributed by atoms with van der Waals surface area (Å²) < 4.78 is 15.7. The predicted octanol–water partition coefficient (Wildman–Crippen LogP) is -3.69. The van der Waals surface area contributed by atoms with Crippen LogP contribution in [0.1, 0.15) is 6.92 Å². The summed E-state index contributed by atoms with van der Waals surface area (Å²) in [6, 6.07) is 0. The Morgan fingerprint density at radius 3 is 2.24 bits per heavy atom. The first-order chi connectivity index (χ1) is 9.86. The lowest BCUT2D eigenvalue weighted by Gasteiger charge is -2.43. The topological polar surface area (TPSA) is 149 Å². The number of aliphatic hydroxyl groups excluding tert-OH is 6. The van der Waals surface area contributed by atoms with Crippen LogP contribution >= 0.6 is 0 Å². The van der Waals surface area contributed by atoms with Crippen LogP contribution in [0.25, 0.3) is 0 Å². The Bertz CT molecular complexity index is 341. The Kier molecular flexibility index (Phi) is 5.52. The minimum absolute atomic E-state index is 0.122. The minimum Gasteiger partial charge on any atom is -0.394 e. The van der Waals surface area contributed by atoms with Gasteiger partial charge in [-0.1, -0.05) is 0 Å². The first kappa shape index (κ1) is 17.0. The fourth-order valence-electron chi connectivity index (χ4n) is 2.43. The van der Waals surface area contributed by atoms with E-state index in [1.807, 2.05) is 0 Å². The van der Waals surface area contributed by atoms with Crippen molar-refractivity contribution in [3.63, 3.8) is 0 Å². The first-order valence-electron chi connectivity index (χ1n) is 6.80. The van der Waals surface area contributed by atoms with E-state index in [0.29, 0.717) is 0 Å². The van der Waals surface area contributed by atoms with Gasteiger partial charge < -0.3 is 44.8 Å². The molecule has 0 spiro atoms. The third kappa shape index (κ3) is 3.36. The van der Waals surface area contributed by atoms with E-state index in [1.165, 1.54) is 6.92 Å². The zero-order valence-corrected chi connectivity index (χ0v) is 11.5. The van der Waals surface area contributed by atoms with E-state index in [-0.39, 0.29) is 6.61 Å². The van der Waals surface area contributed by atoms with Crippen molar-refractivity contribution in [3.8, 4) is 0 Å². The van der Waals surface area contributed by atoms with Gasteiger partial charge in [-0.05, 0) is 6.92 Å². The molecule has 0 radical (unpaired) electrons. The van der Waals surface area contributed by atoms with Crippen molar-refractivity contribution >= 4 is 0 Å². The van der Waals surface area contributed by atoms with E-state index in [2.05, 4.69) is 0 Å². The maximum atomic E-state index is 9.92. The van der Waals surface area contributed by atoms with Crippen LogP contribution in [-0.4, -0.2) is 99.0 Å². The van der Waals surface area contributed by atoms with Crippen molar-refractivity contribution in [1.29, 1.82) is 0 Å². The normalized spacial score (nSPS) is 51.9. The smallest absolute Gasteiger partial charge is 0.187 e. The summed E-state index contributed by atoms with van der Waals surface area (Å²) in [4.78, 5) is 0. The van der Waals surface area contributed by atoms with E-state index in [9.17, 15) is 25.5 Å². The van der Waals surface area contributed by atoms with E-state index < -0.39 is 61.7 Å². The van der Waals surface area contributed by atoms with Gasteiger partial charge in [0.15, 0.2) is 6.29 Å². The summed E-state index contributed by atoms with van der Waals surface area (Å²) >= 11 is 0. The van der Waals surface area contributed by atoms with E-state index in [0.717, 1.165) is 0 Å². The zero-order valence-electron chi connectivity index (χ0n) is 11.5. The van der Waals surface area contributed by atoms with Gasteiger partial charge in [-0.2, -0.15) is 0 Å². The largest absolute Gasteiger partial charge is 0.394 e. The van der Waals surface area contributed by atoms with Crippen LogP contribution in [0.3, 0.4) is 0 Å². The highest BCUT2D eigenvalue weighted by atomic mass is 16.7. The summed E-state index contributed by atoms with van der Waals surface area (Å²) in [7, 11) is 0. The molecular weight excluding hydrogens is 288 g/mol. The average molecular weight is 310 g/mol. The number of rotatable bonds is 3. The predicted molar refractivity (Wildman–Crippen MR) is 66.1 cm³/mol. The highest BCUT2D eigenvalue weighted by Crippen LogP contribution is 2.26. The molecule has 6 N–H and O–H groups in total. The molecule has 2 heterocycles. The van der Waals surface area contributed by atoms with Gasteiger partial charge in [-0.15, -0.1) is 0 Å². The standard InChI is InChI=1S/C12H22O9/c1-4-7(14)10(17)11(18)12(20-4)21-6-3-19-5(2-13)8(15)9(6)16/h4-18H,2-3H2,1H3/t4-,5-,6+,7-,8-,9-,10+,11+,12+/m1/s1. The molecule has 0 unspecified atom stereocenters. The SMILES string of the molecule is C[C@H]1O[C@@H](O[C@H]2CO[C@H](CO)[C@@H](O)[C@@H]2O)[C@@H](O)[C@@H](O)[C@@H]1O. The third-order valence-corrected chi connectivity index (χ3v) is 3.88. The Hall–Kier alpha value is -0.360. The van der Waals surface area contributed by atoms with Crippen molar-refractivity contribution in [1.82, 2.24) is 0 Å². The monoisotopic (exact) mass is 310 g/mol. The molecule has 124 valence electrons. The van der Waals surface area contributed by atoms with Crippen molar-refractivity contribution in [2.45, 2.75) is 62.0 Å². The molecule has 21 heavy (non-hydrogen) atoms. The van der Waals surface area contributed by atoms with Crippen LogP contribution in [0.5, 0.6) is 0 Å². The van der Waals surface area contributed by atoms with Crippen molar-refractivity contribution in [2.75, 3.05) is 13.2 Å². The van der Waals surface area contributed by atoms with Gasteiger partial charge in [0.05, 0.1) is 19.3 Å². The average Bonchev–Trinajstić information content (AvgIpc) is 2.47. The fourth-order valence-corrected chi connectivity index (χ4v) is 2.43. The molecular formula is C12H22O9. The van der Waals surface area contributed by atoms with Gasteiger partial charge in [0.2, 0.25) is 0 Å². The summed E-state index contributed by atoms with van der Waals surface area (Å²) in [6.07, 6.45) is -10.9. The highest BCUT2D eigenvalue weighted by Gasteiger charge is 2.46. The molecule has 9 heteroatoms. The molecule has 0 aromatic heterocycles. The number of aliphatic hydroxyl groups is 6. The Morgan fingerprint density at radius 1 is 0.952 bits per heavy atom. The second-order valence-corrected chi connectivity index (χ2v) is 5.39. The lowest BCUT2D eigenvalue weighted by molar-refractivity contribution is -0.326. The summed E-state index contributed by atoms with van der Waals surface area (Å²) in [6.45, 7) is 0.930. The van der Waals surface area contributed by atoms with Gasteiger partial charge in [0, 0.05) is 0 Å². The Labute approximate surface area is 121 Å². The molecule has 0 aromatic rings. The van der Waals surface area contributed by atoms with Crippen molar-refractivity contribution in [3.05, 3.63) is 0 Å². The van der Waals surface area contributed by atoms with E-state index in [4.69, 9.17) is 19.3 Å². The van der Waals surface area contributed by atoms with Crippen LogP contribution in [0, 0.1) is 0 Å². The quantitative estimate of drug-likeness (QED) is 0.310. The molecule has 0 aromatic carbocycles. The maximum Gasteiger partial charge on any atom is 0.187 e. The molecule has 2 saturated heterocycles. The second-order valence-electron chi connectivity index (χ2n) is 5.39. The second kappa shape index (κ2) is 6.82. The molecule has 0 saturated carbocycles. The van der Waals surface area contributed by atoms with Gasteiger partial charge >= 0.3 is 0 Å². The number of hydrogen-bond acceptors (Lipinski definition) is 9. The van der Waals surface area contributed by atoms with Crippen molar-refractivity contribution in [2.24, 2.45) is 0 Å². The molecule has 0 bridgehead atoms. The highest BCUT2D eigenvalue weighted by molar-refractivity contribution is 4.91. The van der Waals surface area contributed by atoms with Gasteiger partial charge in [0.1, 0.15) is 42.7 Å². The molecule has 0 amide bonds. The summed E-state index contributed by atoms with van der Waals surface area (Å²) in [5, 5.41) is 57.7. The van der Waals surface area contributed by atoms with Gasteiger partial charge in [0.25, 0.3) is 0 Å². The van der Waals surface area contributed by atoms with E-state index >= 15 is 0 Å². The van der Waals surface area contributed by atoms with Crippen LogP contribution in [0.2, 0.25) is 0 Å². The molecule has 9 nitrogen and oxygen atoms in total. The lowest BCUT2D eigenvalue weighted by atomic mass is 9.98. The summed E-state index contributed by atoms with van der Waals surface area (Å²) in [5.74, 6) is 0. The maximum absolute atomic E-state index is 9.92. The molecule has 2 rings (SSSR count). The molecule has 0 aliphatic carbocycles. The Morgan fingerprint density at radius 2 is 1.62 bits per heavy atom.